The van der Waals surface area contributed by atoms with E-state index >= 15 is 0 Å². The van der Waals surface area contributed by atoms with E-state index < -0.39 is 0 Å². The van der Waals surface area contributed by atoms with Gasteiger partial charge >= 0.3 is 0 Å². The molecule has 1 amide bonds. The van der Waals surface area contributed by atoms with Gasteiger partial charge < -0.3 is 4.90 Å². The number of carbonyl (C=O) groups is 1. The second-order valence-electron chi connectivity index (χ2n) is 8.03. The lowest BCUT2D eigenvalue weighted by Crippen LogP contribution is -2.31. The zero-order valence-corrected chi connectivity index (χ0v) is 15.9. The minimum absolute atomic E-state index is 0.0746. The van der Waals surface area contributed by atoms with E-state index in [9.17, 15) is 4.79 Å². The summed E-state index contributed by atoms with van der Waals surface area (Å²) in [4.78, 5) is 14.9. The zero-order valence-electron chi connectivity index (χ0n) is 15.9. The van der Waals surface area contributed by atoms with E-state index in [1.807, 2.05) is 52.2 Å². The molecule has 1 aliphatic rings. The van der Waals surface area contributed by atoms with Gasteiger partial charge in [-0.2, -0.15) is 5.10 Å². The van der Waals surface area contributed by atoms with Crippen molar-refractivity contribution in [3.8, 4) is 5.69 Å². The van der Waals surface area contributed by atoms with Crippen LogP contribution in [0.4, 0.5) is 0 Å². The van der Waals surface area contributed by atoms with Crippen LogP contribution in [0, 0.1) is 5.41 Å². The second-order valence-corrected chi connectivity index (χ2v) is 8.03. The summed E-state index contributed by atoms with van der Waals surface area (Å²) in [5.74, 6) is 0.545. The average molecular weight is 359 g/mol. The normalized spacial score (nSPS) is 18.6. The Bertz CT molecular complexity index is 915. The molecular formula is C23H25N3O. The van der Waals surface area contributed by atoms with Crippen LogP contribution >= 0.6 is 0 Å². The first kappa shape index (κ1) is 17.5. The lowest BCUT2D eigenvalue weighted by atomic mass is 9.78. The fourth-order valence-electron chi connectivity index (χ4n) is 4.03. The van der Waals surface area contributed by atoms with Gasteiger partial charge in [-0.3, -0.25) is 4.79 Å². The molecule has 0 radical (unpaired) electrons. The van der Waals surface area contributed by atoms with Crippen molar-refractivity contribution in [3.63, 3.8) is 0 Å². The van der Waals surface area contributed by atoms with E-state index in [0.29, 0.717) is 12.3 Å². The second kappa shape index (κ2) is 7.03. The molecule has 0 saturated carbocycles. The fraction of sp³-hybridized carbons (Fsp3) is 0.304. The maximum absolute atomic E-state index is 12.9. The van der Waals surface area contributed by atoms with Crippen molar-refractivity contribution >= 4 is 5.91 Å². The topological polar surface area (TPSA) is 38.1 Å². The van der Waals surface area contributed by atoms with E-state index in [1.165, 1.54) is 5.56 Å². The molecule has 0 aliphatic carbocycles. The van der Waals surface area contributed by atoms with Crippen molar-refractivity contribution in [2.24, 2.45) is 5.41 Å². The summed E-state index contributed by atoms with van der Waals surface area (Å²) in [7, 11) is 0. The fourth-order valence-corrected chi connectivity index (χ4v) is 4.03. The number of nitrogens with zero attached hydrogens (tertiary/aromatic N) is 3. The van der Waals surface area contributed by atoms with Crippen molar-refractivity contribution in [3.05, 3.63) is 84.2 Å². The number of rotatable bonds is 4. The first-order chi connectivity index (χ1) is 13.0. The third-order valence-electron chi connectivity index (χ3n) is 5.51. The number of benzene rings is 2. The van der Waals surface area contributed by atoms with Gasteiger partial charge in [0.15, 0.2) is 0 Å². The zero-order chi connectivity index (χ0) is 18.9. The molecule has 0 N–H and O–H groups in total. The summed E-state index contributed by atoms with van der Waals surface area (Å²) >= 11 is 0. The van der Waals surface area contributed by atoms with Gasteiger partial charge in [-0.05, 0) is 28.7 Å². The molecule has 1 aromatic heterocycles. The number of hydrogen-bond donors (Lipinski definition) is 0. The maximum Gasteiger partial charge on any atom is 0.227 e. The van der Waals surface area contributed by atoms with Crippen LogP contribution in [-0.4, -0.2) is 33.7 Å². The first-order valence-electron chi connectivity index (χ1n) is 9.45. The van der Waals surface area contributed by atoms with Crippen molar-refractivity contribution in [1.29, 1.82) is 0 Å². The summed E-state index contributed by atoms with van der Waals surface area (Å²) in [5, 5.41) is 4.40. The molecule has 1 atom stereocenters. The van der Waals surface area contributed by atoms with Crippen molar-refractivity contribution in [2.75, 3.05) is 13.1 Å². The molecule has 0 unspecified atom stereocenters. The van der Waals surface area contributed by atoms with Gasteiger partial charge in [-0.25, -0.2) is 4.68 Å². The van der Waals surface area contributed by atoms with Gasteiger partial charge in [0, 0.05) is 25.2 Å². The molecule has 138 valence electrons. The highest BCUT2D eigenvalue weighted by molar-refractivity contribution is 5.79. The van der Waals surface area contributed by atoms with Crippen molar-refractivity contribution in [1.82, 2.24) is 14.7 Å². The number of aromatic nitrogens is 2. The first-order valence-corrected chi connectivity index (χ1v) is 9.45. The summed E-state index contributed by atoms with van der Waals surface area (Å²) in [6.07, 6.45) is 4.13. The Balaban J connectivity index is 1.46. The minimum atomic E-state index is 0.0746. The largest absolute Gasteiger partial charge is 0.341 e. The Labute approximate surface area is 160 Å². The van der Waals surface area contributed by atoms with Crippen LogP contribution in [0.25, 0.3) is 5.69 Å². The third kappa shape index (κ3) is 3.65. The van der Waals surface area contributed by atoms with E-state index in [4.69, 9.17) is 0 Å². The molecule has 27 heavy (non-hydrogen) atoms. The molecular weight excluding hydrogens is 334 g/mol. The monoisotopic (exact) mass is 359 g/mol. The highest BCUT2D eigenvalue weighted by Gasteiger charge is 2.41. The smallest absolute Gasteiger partial charge is 0.227 e. The molecule has 4 heteroatoms. The average Bonchev–Trinajstić information content (AvgIpc) is 3.27. The van der Waals surface area contributed by atoms with Crippen molar-refractivity contribution in [2.45, 2.75) is 26.2 Å². The van der Waals surface area contributed by atoms with Gasteiger partial charge in [-0.1, -0.05) is 62.4 Å². The van der Waals surface area contributed by atoms with Crippen LogP contribution < -0.4 is 0 Å². The van der Waals surface area contributed by atoms with Crippen LogP contribution in [0.5, 0.6) is 0 Å². The molecule has 1 fully saturated rings. The highest BCUT2D eigenvalue weighted by atomic mass is 16.2. The Hall–Kier alpha value is -2.88. The number of hydrogen-bond acceptors (Lipinski definition) is 2. The van der Waals surface area contributed by atoms with Gasteiger partial charge in [0.25, 0.3) is 0 Å². The van der Waals surface area contributed by atoms with Crippen LogP contribution in [-0.2, 0) is 11.2 Å². The third-order valence-corrected chi connectivity index (χ3v) is 5.51. The van der Waals surface area contributed by atoms with E-state index in [2.05, 4.69) is 43.2 Å². The highest BCUT2D eigenvalue weighted by Crippen LogP contribution is 2.42. The summed E-state index contributed by atoms with van der Waals surface area (Å²) in [6, 6.07) is 20.5. The van der Waals surface area contributed by atoms with Crippen LogP contribution in [0.2, 0.25) is 0 Å². The van der Waals surface area contributed by atoms with Gasteiger partial charge in [-0.15, -0.1) is 0 Å². The molecule has 2 aromatic carbocycles. The number of para-hydroxylation sites is 1. The Kier molecular flexibility index (Phi) is 4.56. The molecule has 1 aliphatic heterocycles. The van der Waals surface area contributed by atoms with Gasteiger partial charge in [0.2, 0.25) is 5.91 Å². The SMILES string of the molecule is CC1(C)CN(C(=O)Cc2cnn(-c3ccccc3)c2)C[C@@H]1c1ccccc1. The number of carbonyl (C=O) groups excluding carboxylic acids is 1. The maximum atomic E-state index is 12.9. The summed E-state index contributed by atoms with van der Waals surface area (Å²) in [6.45, 7) is 6.08. The Morgan fingerprint density at radius 2 is 1.74 bits per heavy atom. The van der Waals surface area contributed by atoms with Gasteiger partial charge in [0.05, 0.1) is 18.3 Å². The standard InChI is InChI=1S/C23H25N3O/c1-23(2)17-25(16-21(23)19-9-5-3-6-10-19)22(27)13-18-14-24-26(15-18)20-11-7-4-8-12-20/h3-12,14-15,21H,13,16-17H2,1-2H3/t21-/m1/s1. The lowest BCUT2D eigenvalue weighted by Gasteiger charge is -2.25. The minimum Gasteiger partial charge on any atom is -0.341 e. The van der Waals surface area contributed by atoms with E-state index in [1.54, 1.807) is 6.20 Å². The van der Waals surface area contributed by atoms with E-state index in [0.717, 1.165) is 24.3 Å². The van der Waals surface area contributed by atoms with E-state index in [-0.39, 0.29) is 11.3 Å². The molecule has 2 heterocycles. The van der Waals surface area contributed by atoms with Crippen LogP contribution in [0.1, 0.15) is 30.9 Å². The molecule has 4 rings (SSSR count). The number of amides is 1. The number of likely N-dealkylation sites (tertiary alicyclic amines) is 1. The predicted octanol–water partition coefficient (Wildman–Crippen LogP) is 4.07. The molecule has 1 saturated heterocycles. The van der Waals surface area contributed by atoms with Crippen LogP contribution in [0.15, 0.2) is 73.1 Å². The van der Waals surface area contributed by atoms with Crippen LogP contribution in [0.3, 0.4) is 0 Å². The van der Waals surface area contributed by atoms with Gasteiger partial charge in [0.1, 0.15) is 0 Å². The summed E-state index contributed by atoms with van der Waals surface area (Å²) < 4.78 is 1.82. The summed E-state index contributed by atoms with van der Waals surface area (Å²) in [5.41, 5.74) is 3.34. The predicted molar refractivity (Wildman–Crippen MR) is 107 cm³/mol. The molecule has 0 spiro atoms. The molecule has 4 nitrogen and oxygen atoms in total. The Morgan fingerprint density at radius 3 is 2.44 bits per heavy atom. The molecule has 0 bridgehead atoms. The van der Waals surface area contributed by atoms with Crippen molar-refractivity contribution < 1.29 is 4.79 Å². The molecule has 3 aromatic rings. The Morgan fingerprint density at radius 1 is 1.07 bits per heavy atom. The lowest BCUT2D eigenvalue weighted by molar-refractivity contribution is -0.129. The quantitative estimate of drug-likeness (QED) is 0.704.